The Morgan fingerprint density at radius 1 is 1.21 bits per heavy atom. The lowest BCUT2D eigenvalue weighted by molar-refractivity contribution is -0.120. The molecule has 5 heteroatoms. The summed E-state index contributed by atoms with van der Waals surface area (Å²) in [5.74, 6) is 0.298. The summed E-state index contributed by atoms with van der Waals surface area (Å²) in [7, 11) is 0. The highest BCUT2D eigenvalue weighted by Crippen LogP contribution is 2.21. The average Bonchev–Trinajstić information content (AvgIpc) is 3.10. The number of likely N-dealkylation sites (tertiary alicyclic amines) is 1. The molecule has 2 aromatic rings. The van der Waals surface area contributed by atoms with Crippen molar-refractivity contribution in [3.05, 3.63) is 58.3 Å². The number of primary amides is 1. The molecule has 0 spiro atoms. The minimum absolute atomic E-state index is 0.309. The highest BCUT2D eigenvalue weighted by Gasteiger charge is 2.22. The Morgan fingerprint density at radius 3 is 2.58 bits per heavy atom. The van der Waals surface area contributed by atoms with Gasteiger partial charge >= 0.3 is 0 Å². The second-order valence-electron chi connectivity index (χ2n) is 6.45. The van der Waals surface area contributed by atoms with E-state index >= 15 is 0 Å². The van der Waals surface area contributed by atoms with Crippen molar-refractivity contribution in [1.29, 1.82) is 0 Å². The molecule has 0 saturated carbocycles. The number of piperidine rings is 1. The second kappa shape index (κ2) is 8.42. The van der Waals surface area contributed by atoms with Crippen LogP contribution in [0.15, 0.2) is 47.8 Å². The Bertz CT molecular complexity index is 621. The van der Waals surface area contributed by atoms with E-state index in [2.05, 4.69) is 27.7 Å². The first-order valence-corrected chi connectivity index (χ1v) is 9.42. The number of carbonyl (C=O) groups excluding carboxylic acids is 1. The van der Waals surface area contributed by atoms with Gasteiger partial charge in [-0.1, -0.05) is 36.4 Å². The molecule has 0 radical (unpaired) electrons. The van der Waals surface area contributed by atoms with Crippen LogP contribution >= 0.6 is 11.3 Å². The quantitative estimate of drug-likeness (QED) is 0.813. The third-order valence-corrected chi connectivity index (χ3v) is 5.56. The first-order chi connectivity index (χ1) is 11.7. The lowest BCUT2D eigenvalue weighted by Gasteiger charge is -2.32. The predicted octanol–water partition coefficient (Wildman–Crippen LogP) is 2.78. The van der Waals surface area contributed by atoms with Crippen molar-refractivity contribution in [3.8, 4) is 0 Å². The van der Waals surface area contributed by atoms with Crippen molar-refractivity contribution in [3.63, 3.8) is 0 Å². The lowest BCUT2D eigenvalue weighted by atomic mass is 9.95. The fourth-order valence-electron chi connectivity index (χ4n) is 3.28. The van der Waals surface area contributed by atoms with Gasteiger partial charge in [0.05, 0.1) is 0 Å². The molecule has 1 aliphatic rings. The third kappa shape index (κ3) is 4.66. The van der Waals surface area contributed by atoms with Gasteiger partial charge in [0.2, 0.25) is 5.91 Å². The van der Waals surface area contributed by atoms with Gasteiger partial charge in [0.1, 0.15) is 6.04 Å². The minimum atomic E-state index is -0.393. The summed E-state index contributed by atoms with van der Waals surface area (Å²) >= 11 is 1.83. The van der Waals surface area contributed by atoms with Crippen LogP contribution in [0.1, 0.15) is 29.3 Å². The molecule has 1 atom stereocenters. The largest absolute Gasteiger partial charge is 0.368 e. The van der Waals surface area contributed by atoms with Gasteiger partial charge in [-0.3, -0.25) is 9.69 Å². The Kier molecular flexibility index (Phi) is 6.01. The molecule has 1 aliphatic heterocycles. The van der Waals surface area contributed by atoms with Crippen LogP contribution < -0.4 is 11.1 Å². The number of carbonyl (C=O) groups is 1. The van der Waals surface area contributed by atoms with Crippen LogP contribution in [0.2, 0.25) is 0 Å². The molecule has 3 N–H and O–H groups in total. The highest BCUT2D eigenvalue weighted by atomic mass is 32.1. The number of hydrogen-bond donors (Lipinski definition) is 2. The zero-order chi connectivity index (χ0) is 16.8. The van der Waals surface area contributed by atoms with Crippen LogP contribution in [0.5, 0.6) is 0 Å². The normalized spacial score (nSPS) is 17.7. The van der Waals surface area contributed by atoms with Gasteiger partial charge in [-0.15, -0.1) is 11.3 Å². The Morgan fingerprint density at radius 2 is 1.96 bits per heavy atom. The molecule has 2 heterocycles. The van der Waals surface area contributed by atoms with E-state index in [0.29, 0.717) is 5.92 Å². The number of nitrogens with two attached hydrogens (primary N) is 1. The summed E-state index contributed by atoms with van der Waals surface area (Å²) in [5, 5.41) is 5.51. The summed E-state index contributed by atoms with van der Waals surface area (Å²) in [5.41, 5.74) is 6.52. The van der Waals surface area contributed by atoms with Crippen LogP contribution in [-0.2, 0) is 11.3 Å². The Balaban J connectivity index is 1.46. The summed E-state index contributed by atoms with van der Waals surface area (Å²) in [6, 6.07) is 13.7. The van der Waals surface area contributed by atoms with E-state index in [0.717, 1.165) is 31.7 Å². The topological polar surface area (TPSA) is 58.4 Å². The van der Waals surface area contributed by atoms with Crippen LogP contribution in [-0.4, -0.2) is 30.4 Å². The number of amides is 1. The molecule has 0 bridgehead atoms. The maximum atomic E-state index is 11.8. The standard InChI is InChI=1S/C19H25N3OS/c20-19(23)18(16-5-2-1-3-6-16)21-13-15-8-10-22(11-9-15)14-17-7-4-12-24-17/h1-7,12,15,18,21H,8-11,13-14H2,(H2,20,23). The van der Waals surface area contributed by atoms with Crippen molar-refractivity contribution in [1.82, 2.24) is 10.2 Å². The first kappa shape index (κ1) is 17.1. The van der Waals surface area contributed by atoms with E-state index in [9.17, 15) is 4.79 Å². The van der Waals surface area contributed by atoms with Crippen LogP contribution in [0.4, 0.5) is 0 Å². The molecule has 1 aromatic carbocycles. The lowest BCUT2D eigenvalue weighted by Crippen LogP contribution is -2.40. The highest BCUT2D eigenvalue weighted by molar-refractivity contribution is 7.09. The van der Waals surface area contributed by atoms with Crippen molar-refractivity contribution in [2.75, 3.05) is 19.6 Å². The SMILES string of the molecule is NC(=O)C(NCC1CCN(Cc2cccs2)CC1)c1ccccc1. The summed E-state index contributed by atoms with van der Waals surface area (Å²) in [6.45, 7) is 4.15. The summed E-state index contributed by atoms with van der Waals surface area (Å²) < 4.78 is 0. The molecular weight excluding hydrogens is 318 g/mol. The van der Waals surface area contributed by atoms with E-state index < -0.39 is 6.04 Å². The van der Waals surface area contributed by atoms with Gasteiger partial charge in [-0.05, 0) is 55.4 Å². The number of nitrogens with one attached hydrogen (secondary N) is 1. The molecule has 0 aliphatic carbocycles. The van der Waals surface area contributed by atoms with Crippen LogP contribution in [0.3, 0.4) is 0 Å². The first-order valence-electron chi connectivity index (χ1n) is 8.55. The van der Waals surface area contributed by atoms with Gasteiger partial charge in [0.15, 0.2) is 0 Å². The zero-order valence-electron chi connectivity index (χ0n) is 13.9. The molecule has 4 nitrogen and oxygen atoms in total. The number of thiophene rings is 1. The maximum Gasteiger partial charge on any atom is 0.239 e. The Hall–Kier alpha value is -1.69. The van der Waals surface area contributed by atoms with Crippen molar-refractivity contribution in [2.24, 2.45) is 11.7 Å². The van der Waals surface area contributed by atoms with E-state index in [4.69, 9.17) is 5.73 Å². The van der Waals surface area contributed by atoms with E-state index in [-0.39, 0.29) is 5.91 Å². The maximum absolute atomic E-state index is 11.8. The Labute approximate surface area is 147 Å². The van der Waals surface area contributed by atoms with Crippen molar-refractivity contribution < 1.29 is 4.79 Å². The average molecular weight is 343 g/mol. The molecule has 1 amide bonds. The van der Waals surface area contributed by atoms with Crippen molar-refractivity contribution in [2.45, 2.75) is 25.4 Å². The summed E-state index contributed by atoms with van der Waals surface area (Å²) in [6.07, 6.45) is 2.33. The van der Waals surface area contributed by atoms with Gasteiger partial charge in [0.25, 0.3) is 0 Å². The number of hydrogen-bond acceptors (Lipinski definition) is 4. The molecule has 24 heavy (non-hydrogen) atoms. The number of rotatable bonds is 7. The van der Waals surface area contributed by atoms with Gasteiger partial charge in [-0.25, -0.2) is 0 Å². The second-order valence-corrected chi connectivity index (χ2v) is 7.49. The minimum Gasteiger partial charge on any atom is -0.368 e. The van der Waals surface area contributed by atoms with Crippen LogP contribution in [0, 0.1) is 5.92 Å². The monoisotopic (exact) mass is 343 g/mol. The van der Waals surface area contributed by atoms with Gasteiger partial charge in [0, 0.05) is 11.4 Å². The molecule has 1 saturated heterocycles. The zero-order valence-corrected chi connectivity index (χ0v) is 14.7. The van der Waals surface area contributed by atoms with E-state index in [1.165, 1.54) is 17.7 Å². The van der Waals surface area contributed by atoms with Gasteiger partial charge < -0.3 is 11.1 Å². The molecule has 1 unspecified atom stereocenters. The summed E-state index contributed by atoms with van der Waals surface area (Å²) in [4.78, 5) is 15.7. The number of benzene rings is 1. The number of nitrogens with zero attached hydrogens (tertiary/aromatic N) is 1. The van der Waals surface area contributed by atoms with Crippen LogP contribution in [0.25, 0.3) is 0 Å². The van der Waals surface area contributed by atoms with E-state index in [1.807, 2.05) is 41.7 Å². The van der Waals surface area contributed by atoms with Gasteiger partial charge in [-0.2, -0.15) is 0 Å². The third-order valence-electron chi connectivity index (χ3n) is 4.69. The smallest absolute Gasteiger partial charge is 0.239 e. The fourth-order valence-corrected chi connectivity index (χ4v) is 4.03. The van der Waals surface area contributed by atoms with E-state index in [1.54, 1.807) is 0 Å². The molecule has 3 rings (SSSR count). The molecule has 1 fully saturated rings. The predicted molar refractivity (Wildman–Crippen MR) is 98.7 cm³/mol. The molecule has 128 valence electrons. The fraction of sp³-hybridized carbons (Fsp3) is 0.421. The molecular formula is C19H25N3OS. The van der Waals surface area contributed by atoms with Crippen molar-refractivity contribution >= 4 is 17.2 Å². The molecule has 1 aromatic heterocycles.